The predicted molar refractivity (Wildman–Crippen MR) is 117 cm³/mol. The lowest BCUT2D eigenvalue weighted by molar-refractivity contribution is 0.102. The Balaban J connectivity index is 1.36. The Bertz CT molecular complexity index is 1320. The molecule has 0 saturated carbocycles. The maximum Gasteiger partial charge on any atom is 0.262 e. The van der Waals surface area contributed by atoms with E-state index in [1.807, 2.05) is 54.0 Å². The van der Waals surface area contributed by atoms with Gasteiger partial charge < -0.3 is 5.32 Å². The number of aromatic nitrogens is 5. The number of fused-ring (bicyclic) bond motifs is 1. The summed E-state index contributed by atoms with van der Waals surface area (Å²) in [5.74, 6) is 0.153. The molecule has 0 aliphatic heterocycles. The molecule has 0 bridgehead atoms. The monoisotopic (exact) mass is 434 g/mol. The molecule has 1 N–H and O–H groups in total. The fraction of sp³-hybridized carbons (Fsp3) is 0.0476. The van der Waals surface area contributed by atoms with Crippen LogP contribution in [0.2, 0.25) is 5.02 Å². The molecular formula is C21H15ClN6OS. The van der Waals surface area contributed by atoms with Crippen LogP contribution in [0.1, 0.15) is 15.9 Å². The fourth-order valence-electron chi connectivity index (χ4n) is 3.14. The summed E-state index contributed by atoms with van der Waals surface area (Å²) in [6, 6.07) is 15.2. The highest BCUT2D eigenvalue weighted by Crippen LogP contribution is 2.25. The van der Waals surface area contributed by atoms with Gasteiger partial charge in [-0.15, -0.1) is 11.3 Å². The molecule has 7 nitrogen and oxygen atoms in total. The Morgan fingerprint density at radius 2 is 2.00 bits per heavy atom. The van der Waals surface area contributed by atoms with Crippen molar-refractivity contribution in [3.63, 3.8) is 0 Å². The summed E-state index contributed by atoms with van der Waals surface area (Å²) in [4.78, 5) is 18.2. The SMILES string of the molecule is O=C(Nc1ccn(Cc2ccc(Cl)cc2)n1)c1cnn2c(-c3cccs3)ccnc12. The van der Waals surface area contributed by atoms with E-state index in [2.05, 4.69) is 20.5 Å². The maximum atomic E-state index is 12.8. The van der Waals surface area contributed by atoms with Gasteiger partial charge in [-0.1, -0.05) is 29.8 Å². The number of nitrogens with one attached hydrogen (secondary N) is 1. The zero-order chi connectivity index (χ0) is 20.5. The van der Waals surface area contributed by atoms with Crippen LogP contribution in [0.15, 0.2) is 72.5 Å². The van der Waals surface area contributed by atoms with Gasteiger partial charge in [0.1, 0.15) is 5.56 Å². The highest BCUT2D eigenvalue weighted by Gasteiger charge is 2.17. The first kappa shape index (κ1) is 18.5. The number of hydrogen-bond acceptors (Lipinski definition) is 5. The number of rotatable bonds is 5. The summed E-state index contributed by atoms with van der Waals surface area (Å²) in [5.41, 5.74) is 2.84. The molecule has 0 radical (unpaired) electrons. The van der Waals surface area contributed by atoms with E-state index in [0.29, 0.717) is 28.6 Å². The second-order valence-electron chi connectivity index (χ2n) is 6.58. The van der Waals surface area contributed by atoms with Gasteiger partial charge in [0.15, 0.2) is 11.5 Å². The van der Waals surface area contributed by atoms with E-state index in [4.69, 9.17) is 11.6 Å². The van der Waals surface area contributed by atoms with Crippen LogP contribution >= 0.6 is 22.9 Å². The molecule has 30 heavy (non-hydrogen) atoms. The van der Waals surface area contributed by atoms with E-state index in [1.54, 1.807) is 32.8 Å². The van der Waals surface area contributed by atoms with E-state index < -0.39 is 0 Å². The second-order valence-corrected chi connectivity index (χ2v) is 7.96. The van der Waals surface area contributed by atoms with Crippen molar-refractivity contribution < 1.29 is 4.79 Å². The third-order valence-corrected chi connectivity index (χ3v) is 5.70. The van der Waals surface area contributed by atoms with Crippen LogP contribution in [0.4, 0.5) is 5.82 Å². The number of hydrogen-bond donors (Lipinski definition) is 1. The first-order valence-electron chi connectivity index (χ1n) is 9.13. The van der Waals surface area contributed by atoms with Crippen LogP contribution in [-0.4, -0.2) is 30.3 Å². The molecule has 5 aromatic rings. The Hall–Kier alpha value is -3.49. The van der Waals surface area contributed by atoms with Crippen molar-refractivity contribution in [2.24, 2.45) is 0 Å². The van der Waals surface area contributed by atoms with Gasteiger partial charge in [-0.3, -0.25) is 9.48 Å². The third-order valence-electron chi connectivity index (χ3n) is 4.56. The molecule has 1 amide bonds. The summed E-state index contributed by atoms with van der Waals surface area (Å²) in [6.45, 7) is 0.579. The topological polar surface area (TPSA) is 77.1 Å². The van der Waals surface area contributed by atoms with E-state index in [9.17, 15) is 4.79 Å². The van der Waals surface area contributed by atoms with Crippen LogP contribution in [0, 0.1) is 0 Å². The number of halogens is 1. The van der Waals surface area contributed by atoms with Gasteiger partial charge in [0.25, 0.3) is 5.91 Å². The predicted octanol–water partition coefficient (Wildman–Crippen LogP) is 4.61. The highest BCUT2D eigenvalue weighted by atomic mass is 35.5. The molecule has 0 spiro atoms. The van der Waals surface area contributed by atoms with E-state index in [-0.39, 0.29) is 5.91 Å². The summed E-state index contributed by atoms with van der Waals surface area (Å²) in [6.07, 6.45) is 5.02. The zero-order valence-corrected chi connectivity index (χ0v) is 17.1. The molecule has 5 rings (SSSR count). The lowest BCUT2D eigenvalue weighted by atomic mass is 10.2. The van der Waals surface area contributed by atoms with Crippen molar-refractivity contribution >= 4 is 40.3 Å². The minimum absolute atomic E-state index is 0.308. The van der Waals surface area contributed by atoms with E-state index >= 15 is 0 Å². The normalized spacial score (nSPS) is 11.1. The Kier molecular flexibility index (Phi) is 4.78. The summed E-state index contributed by atoms with van der Waals surface area (Å²) in [7, 11) is 0. The summed E-state index contributed by atoms with van der Waals surface area (Å²) < 4.78 is 3.43. The smallest absolute Gasteiger partial charge is 0.262 e. The number of benzene rings is 1. The Morgan fingerprint density at radius 1 is 1.13 bits per heavy atom. The average molecular weight is 435 g/mol. The number of amides is 1. The van der Waals surface area contributed by atoms with Gasteiger partial charge in [0.2, 0.25) is 0 Å². The molecule has 0 saturated heterocycles. The third kappa shape index (κ3) is 3.58. The molecule has 0 aliphatic carbocycles. The largest absolute Gasteiger partial charge is 0.305 e. The van der Waals surface area contributed by atoms with E-state index in [0.717, 1.165) is 16.1 Å². The van der Waals surface area contributed by atoms with E-state index in [1.165, 1.54) is 6.20 Å². The maximum absolute atomic E-state index is 12.8. The zero-order valence-electron chi connectivity index (χ0n) is 15.6. The minimum atomic E-state index is -0.308. The van der Waals surface area contributed by atoms with Gasteiger partial charge in [0.05, 0.1) is 23.3 Å². The Morgan fingerprint density at radius 3 is 2.80 bits per heavy atom. The van der Waals surface area contributed by atoms with Crippen molar-refractivity contribution in [1.82, 2.24) is 24.4 Å². The molecular weight excluding hydrogens is 420 g/mol. The fourth-order valence-corrected chi connectivity index (χ4v) is 4.00. The van der Waals surface area contributed by atoms with Gasteiger partial charge in [-0.25, -0.2) is 9.50 Å². The summed E-state index contributed by atoms with van der Waals surface area (Å²) >= 11 is 7.53. The van der Waals surface area contributed by atoms with Gasteiger partial charge in [-0.2, -0.15) is 10.2 Å². The minimum Gasteiger partial charge on any atom is -0.305 e. The van der Waals surface area contributed by atoms with Crippen molar-refractivity contribution in [3.8, 4) is 10.6 Å². The molecule has 1 aromatic carbocycles. The molecule has 4 heterocycles. The van der Waals surface area contributed by atoms with Crippen molar-refractivity contribution in [2.75, 3.05) is 5.32 Å². The first-order valence-corrected chi connectivity index (χ1v) is 10.4. The standard InChI is InChI=1S/C21H15ClN6OS/c22-15-5-3-14(4-6-15)13-27-10-8-19(26-27)25-21(29)16-12-24-28-17(7-9-23-20(16)28)18-2-1-11-30-18/h1-12H,13H2,(H,25,26,29). The number of carbonyl (C=O) groups is 1. The van der Waals surface area contributed by atoms with Crippen LogP contribution < -0.4 is 5.32 Å². The molecule has 148 valence electrons. The van der Waals surface area contributed by atoms with Crippen molar-refractivity contribution in [2.45, 2.75) is 6.54 Å². The number of carbonyl (C=O) groups excluding carboxylic acids is 1. The summed E-state index contributed by atoms with van der Waals surface area (Å²) in [5, 5.41) is 14.3. The average Bonchev–Trinajstić information content (AvgIpc) is 3.50. The van der Waals surface area contributed by atoms with Gasteiger partial charge >= 0.3 is 0 Å². The van der Waals surface area contributed by atoms with Crippen molar-refractivity contribution in [3.05, 3.63) is 88.7 Å². The number of anilines is 1. The molecule has 0 atom stereocenters. The lowest BCUT2D eigenvalue weighted by Gasteiger charge is -2.04. The molecule has 0 fully saturated rings. The Labute approximate surface area is 180 Å². The van der Waals surface area contributed by atoms with Crippen LogP contribution in [-0.2, 0) is 6.54 Å². The van der Waals surface area contributed by atoms with Crippen molar-refractivity contribution in [1.29, 1.82) is 0 Å². The van der Waals surface area contributed by atoms with Crippen LogP contribution in [0.25, 0.3) is 16.2 Å². The first-order chi connectivity index (χ1) is 14.7. The molecule has 0 aliphatic rings. The number of nitrogens with zero attached hydrogens (tertiary/aromatic N) is 5. The lowest BCUT2D eigenvalue weighted by Crippen LogP contribution is -2.13. The van der Waals surface area contributed by atoms with Gasteiger partial charge in [0, 0.05) is 23.5 Å². The molecule has 4 aromatic heterocycles. The number of thiophene rings is 1. The van der Waals surface area contributed by atoms with Crippen LogP contribution in [0.3, 0.4) is 0 Å². The highest BCUT2D eigenvalue weighted by molar-refractivity contribution is 7.13. The molecule has 9 heteroatoms. The van der Waals surface area contributed by atoms with Crippen LogP contribution in [0.5, 0.6) is 0 Å². The molecule has 0 unspecified atom stereocenters. The second kappa shape index (κ2) is 7.74. The van der Waals surface area contributed by atoms with Gasteiger partial charge in [-0.05, 0) is 35.2 Å². The quantitative estimate of drug-likeness (QED) is 0.438.